The van der Waals surface area contributed by atoms with Gasteiger partial charge in [-0.15, -0.1) is 23.1 Å². The van der Waals surface area contributed by atoms with E-state index in [0.717, 1.165) is 11.8 Å². The third-order valence-electron chi connectivity index (χ3n) is 7.20. The summed E-state index contributed by atoms with van der Waals surface area (Å²) >= 11 is 4.24. The van der Waals surface area contributed by atoms with E-state index in [4.69, 9.17) is 0 Å². The molecule has 1 aromatic rings. The summed E-state index contributed by atoms with van der Waals surface area (Å²) in [7, 11) is -1.53. The highest BCUT2D eigenvalue weighted by atomic mass is 32.2. The summed E-state index contributed by atoms with van der Waals surface area (Å²) in [5, 5.41) is 6.28. The summed E-state index contributed by atoms with van der Waals surface area (Å²) < 4.78 is 0. The molecule has 0 N–H and O–H groups in total. The third-order valence-corrected chi connectivity index (χ3v) is 15.4. The van der Waals surface area contributed by atoms with Crippen LogP contribution in [0.1, 0.15) is 90.4 Å². The Bertz CT molecular complexity index is 612. The SMILES string of the molecule is CCCCC(CC)C[Si]1(CC(CC)CCCC)C2=C(SCC2)c2sccc21. The molecule has 0 saturated carbocycles. The van der Waals surface area contributed by atoms with Gasteiger partial charge in [-0.1, -0.05) is 90.3 Å². The Morgan fingerprint density at radius 2 is 1.59 bits per heavy atom. The molecule has 2 unspecified atom stereocenters. The zero-order chi connectivity index (χ0) is 19.3. The number of thioether (sulfide) groups is 1. The zero-order valence-corrected chi connectivity index (χ0v) is 20.7. The van der Waals surface area contributed by atoms with Gasteiger partial charge in [-0.05, 0) is 40.9 Å². The Morgan fingerprint density at radius 3 is 2.15 bits per heavy atom. The minimum atomic E-state index is -1.53. The highest BCUT2D eigenvalue weighted by molar-refractivity contribution is 8.09. The molecule has 0 spiro atoms. The van der Waals surface area contributed by atoms with Gasteiger partial charge in [-0.25, -0.2) is 0 Å². The van der Waals surface area contributed by atoms with Crippen molar-refractivity contribution in [1.29, 1.82) is 0 Å². The summed E-state index contributed by atoms with van der Waals surface area (Å²) in [6.45, 7) is 9.63. The molecule has 0 amide bonds. The molecule has 152 valence electrons. The maximum Gasteiger partial charge on any atom is 0.117 e. The number of rotatable bonds is 12. The van der Waals surface area contributed by atoms with Crippen molar-refractivity contribution in [1.82, 2.24) is 0 Å². The van der Waals surface area contributed by atoms with Crippen LogP contribution in [0.25, 0.3) is 4.91 Å². The van der Waals surface area contributed by atoms with Crippen LogP contribution in [0.5, 0.6) is 0 Å². The van der Waals surface area contributed by atoms with E-state index < -0.39 is 8.07 Å². The molecule has 0 saturated heterocycles. The Balaban J connectivity index is 1.94. The first-order chi connectivity index (χ1) is 13.2. The van der Waals surface area contributed by atoms with Crippen molar-refractivity contribution >= 4 is 41.3 Å². The predicted octanol–water partition coefficient (Wildman–Crippen LogP) is 8.24. The van der Waals surface area contributed by atoms with Gasteiger partial charge in [-0.3, -0.25) is 0 Å². The second kappa shape index (κ2) is 10.2. The standard InChI is InChI=1S/C24H40S2Si/c1-5-9-11-19(7-3)17-27(18-20(8-4)12-10-6-2)21-13-15-25-23(21)24-22(27)14-16-26-24/h13,15,19-20H,5-12,14,16-18H2,1-4H3. The number of hydrogen-bond acceptors (Lipinski definition) is 2. The molecular weight excluding hydrogens is 380 g/mol. The van der Waals surface area contributed by atoms with Gasteiger partial charge in [0.25, 0.3) is 0 Å². The van der Waals surface area contributed by atoms with Gasteiger partial charge in [0.15, 0.2) is 0 Å². The predicted molar refractivity (Wildman–Crippen MR) is 130 cm³/mol. The number of thiophene rings is 1. The Morgan fingerprint density at radius 1 is 0.963 bits per heavy atom. The van der Waals surface area contributed by atoms with Gasteiger partial charge in [0.1, 0.15) is 8.07 Å². The van der Waals surface area contributed by atoms with Gasteiger partial charge < -0.3 is 0 Å². The fourth-order valence-electron chi connectivity index (χ4n) is 5.56. The lowest BCUT2D eigenvalue weighted by Crippen LogP contribution is -2.50. The van der Waals surface area contributed by atoms with Crippen LogP contribution in [-0.4, -0.2) is 13.8 Å². The number of allylic oxidation sites excluding steroid dienone is 1. The lowest BCUT2D eigenvalue weighted by Gasteiger charge is -2.37. The first-order valence-corrected chi connectivity index (χ1v) is 15.9. The number of hydrogen-bond donors (Lipinski definition) is 0. The fraction of sp³-hybridized carbons (Fsp3) is 0.750. The molecule has 0 nitrogen and oxygen atoms in total. The maximum absolute atomic E-state index is 2.57. The van der Waals surface area contributed by atoms with Crippen LogP contribution in [0.3, 0.4) is 0 Å². The molecule has 27 heavy (non-hydrogen) atoms. The van der Waals surface area contributed by atoms with Crippen molar-refractivity contribution in [3.05, 3.63) is 21.5 Å². The van der Waals surface area contributed by atoms with Crippen LogP contribution >= 0.6 is 23.1 Å². The summed E-state index contributed by atoms with van der Waals surface area (Å²) in [5.41, 5.74) is 0. The van der Waals surface area contributed by atoms with Crippen molar-refractivity contribution < 1.29 is 0 Å². The average Bonchev–Trinajstić information content (AvgIpc) is 3.39. The van der Waals surface area contributed by atoms with Crippen LogP contribution in [0, 0.1) is 11.8 Å². The second-order valence-corrected chi connectivity index (χ2v) is 15.0. The van der Waals surface area contributed by atoms with E-state index in [2.05, 4.69) is 62.2 Å². The largest absolute Gasteiger partial charge is 0.143 e. The summed E-state index contributed by atoms with van der Waals surface area (Å²) in [4.78, 5) is 3.48. The van der Waals surface area contributed by atoms with Gasteiger partial charge >= 0.3 is 0 Å². The van der Waals surface area contributed by atoms with Crippen LogP contribution in [-0.2, 0) is 0 Å². The monoisotopic (exact) mass is 420 g/mol. The summed E-state index contributed by atoms with van der Waals surface area (Å²) in [6.07, 6.45) is 12.7. The third kappa shape index (κ3) is 4.45. The normalized spacial score (nSPS) is 23.6. The van der Waals surface area contributed by atoms with Crippen molar-refractivity contribution in [2.75, 3.05) is 5.75 Å². The minimum Gasteiger partial charge on any atom is -0.143 e. The van der Waals surface area contributed by atoms with E-state index in [-0.39, 0.29) is 0 Å². The molecule has 1 aromatic heterocycles. The average molecular weight is 421 g/mol. The lowest BCUT2D eigenvalue weighted by molar-refractivity contribution is 0.468. The smallest absolute Gasteiger partial charge is 0.117 e. The summed E-state index contributed by atoms with van der Waals surface area (Å²) in [5.74, 6) is 3.25. The Kier molecular flexibility index (Phi) is 8.17. The molecular formula is C24H40S2Si. The van der Waals surface area contributed by atoms with E-state index >= 15 is 0 Å². The van der Waals surface area contributed by atoms with Crippen molar-refractivity contribution in [3.63, 3.8) is 0 Å². The molecule has 0 radical (unpaired) electrons. The van der Waals surface area contributed by atoms with E-state index in [1.54, 1.807) is 21.9 Å². The van der Waals surface area contributed by atoms with Gasteiger partial charge in [0, 0.05) is 15.5 Å². The number of unbranched alkanes of at least 4 members (excludes halogenated alkanes) is 2. The second-order valence-electron chi connectivity index (χ2n) is 8.89. The highest BCUT2D eigenvalue weighted by Gasteiger charge is 2.50. The van der Waals surface area contributed by atoms with Gasteiger partial charge in [0.05, 0.1) is 0 Å². The van der Waals surface area contributed by atoms with Crippen LogP contribution in [0.4, 0.5) is 0 Å². The van der Waals surface area contributed by atoms with Crippen LogP contribution < -0.4 is 5.19 Å². The van der Waals surface area contributed by atoms with Gasteiger partial charge in [-0.2, -0.15) is 0 Å². The first kappa shape index (κ1) is 21.7. The molecule has 0 bridgehead atoms. The molecule has 0 aromatic carbocycles. The molecule has 2 aliphatic heterocycles. The Hall–Kier alpha value is 0.00688. The van der Waals surface area contributed by atoms with E-state index in [1.807, 2.05) is 10.4 Å². The molecule has 0 aliphatic carbocycles. The fourth-order valence-corrected chi connectivity index (χ4v) is 16.2. The lowest BCUT2D eigenvalue weighted by atomic mass is 10.0. The first-order valence-electron chi connectivity index (χ1n) is 11.6. The molecule has 3 heteroatoms. The van der Waals surface area contributed by atoms with E-state index in [1.165, 1.54) is 63.5 Å². The van der Waals surface area contributed by atoms with E-state index in [0.29, 0.717) is 0 Å². The summed E-state index contributed by atoms with van der Waals surface area (Å²) in [6, 6.07) is 5.68. The van der Waals surface area contributed by atoms with Crippen molar-refractivity contribution in [2.45, 2.75) is 97.6 Å². The molecule has 0 fully saturated rings. The molecule has 2 aliphatic rings. The van der Waals surface area contributed by atoms with Crippen LogP contribution in [0.15, 0.2) is 16.6 Å². The Labute approximate surface area is 177 Å². The topological polar surface area (TPSA) is 0 Å². The molecule has 2 atom stereocenters. The number of fused-ring (bicyclic) bond motifs is 2. The van der Waals surface area contributed by atoms with E-state index in [9.17, 15) is 0 Å². The highest BCUT2D eigenvalue weighted by Crippen LogP contribution is 2.53. The minimum absolute atomic E-state index is 0.950. The van der Waals surface area contributed by atoms with Crippen molar-refractivity contribution in [2.24, 2.45) is 11.8 Å². The molecule has 3 heterocycles. The van der Waals surface area contributed by atoms with Gasteiger partial charge in [0.2, 0.25) is 0 Å². The maximum atomic E-state index is 2.57. The molecule has 3 rings (SSSR count). The van der Waals surface area contributed by atoms with Crippen molar-refractivity contribution in [3.8, 4) is 0 Å². The van der Waals surface area contributed by atoms with Crippen LogP contribution in [0.2, 0.25) is 12.1 Å². The quantitative estimate of drug-likeness (QED) is 0.307. The zero-order valence-electron chi connectivity index (χ0n) is 18.1.